The van der Waals surface area contributed by atoms with E-state index in [2.05, 4.69) is 30.6 Å². The Hall–Kier alpha value is -2.67. The quantitative estimate of drug-likeness (QED) is 0.722. The Kier molecular flexibility index (Phi) is 4.45. The van der Waals surface area contributed by atoms with Gasteiger partial charge in [0.05, 0.1) is 12.8 Å². The lowest BCUT2D eigenvalue weighted by atomic mass is 10.3. The van der Waals surface area contributed by atoms with E-state index in [-0.39, 0.29) is 5.28 Å². The lowest BCUT2D eigenvalue weighted by Crippen LogP contribution is -2.09. The summed E-state index contributed by atoms with van der Waals surface area (Å²) in [6.07, 6.45) is 5.10. The van der Waals surface area contributed by atoms with Crippen molar-refractivity contribution in [2.75, 3.05) is 10.6 Å². The first-order valence-electron chi connectivity index (χ1n) is 6.60. The maximum atomic E-state index is 5.91. The van der Waals surface area contributed by atoms with Crippen molar-refractivity contribution in [1.29, 1.82) is 0 Å². The SMILES string of the molecule is Clc1nc(NCc2cccnc2)nc(NCc2ccco2)n1. The van der Waals surface area contributed by atoms with Crippen molar-refractivity contribution in [3.8, 4) is 0 Å². The van der Waals surface area contributed by atoms with Crippen LogP contribution in [0.1, 0.15) is 11.3 Å². The van der Waals surface area contributed by atoms with Crippen LogP contribution in [0, 0.1) is 0 Å². The van der Waals surface area contributed by atoms with E-state index in [0.717, 1.165) is 11.3 Å². The highest BCUT2D eigenvalue weighted by Crippen LogP contribution is 2.12. The first-order valence-corrected chi connectivity index (χ1v) is 6.98. The highest BCUT2D eigenvalue weighted by atomic mass is 35.5. The maximum Gasteiger partial charge on any atom is 0.229 e. The van der Waals surface area contributed by atoms with Gasteiger partial charge in [-0.05, 0) is 35.4 Å². The predicted molar refractivity (Wildman–Crippen MR) is 82.4 cm³/mol. The van der Waals surface area contributed by atoms with Gasteiger partial charge in [0.15, 0.2) is 0 Å². The average molecular weight is 317 g/mol. The van der Waals surface area contributed by atoms with Crippen LogP contribution in [0.15, 0.2) is 47.3 Å². The smallest absolute Gasteiger partial charge is 0.229 e. The van der Waals surface area contributed by atoms with E-state index in [1.54, 1.807) is 18.7 Å². The van der Waals surface area contributed by atoms with Crippen LogP contribution in [-0.4, -0.2) is 19.9 Å². The first-order chi connectivity index (χ1) is 10.8. The Labute approximate surface area is 131 Å². The van der Waals surface area contributed by atoms with Crippen LogP contribution in [0.25, 0.3) is 0 Å². The van der Waals surface area contributed by atoms with Crippen LogP contribution in [0.3, 0.4) is 0 Å². The Bertz CT molecular complexity index is 719. The molecular formula is C14H13ClN6O. The minimum Gasteiger partial charge on any atom is -0.467 e. The number of nitrogens with zero attached hydrogens (tertiary/aromatic N) is 4. The molecule has 0 aliphatic carbocycles. The molecule has 0 atom stereocenters. The average Bonchev–Trinajstić information content (AvgIpc) is 3.05. The molecule has 112 valence electrons. The molecule has 0 aliphatic rings. The zero-order valence-electron chi connectivity index (χ0n) is 11.5. The van der Waals surface area contributed by atoms with Gasteiger partial charge in [-0.25, -0.2) is 0 Å². The molecule has 7 nitrogen and oxygen atoms in total. The number of furan rings is 1. The van der Waals surface area contributed by atoms with Gasteiger partial charge >= 0.3 is 0 Å². The number of rotatable bonds is 6. The van der Waals surface area contributed by atoms with Crippen molar-refractivity contribution in [2.24, 2.45) is 0 Å². The number of hydrogen-bond donors (Lipinski definition) is 2. The number of aromatic nitrogens is 4. The van der Waals surface area contributed by atoms with Gasteiger partial charge in [-0.15, -0.1) is 0 Å². The minimum atomic E-state index is 0.116. The van der Waals surface area contributed by atoms with Crippen LogP contribution >= 0.6 is 11.6 Å². The fourth-order valence-corrected chi connectivity index (χ4v) is 1.93. The van der Waals surface area contributed by atoms with Crippen molar-refractivity contribution < 1.29 is 4.42 Å². The van der Waals surface area contributed by atoms with Crippen LogP contribution in [0.5, 0.6) is 0 Å². The minimum absolute atomic E-state index is 0.116. The molecule has 0 aromatic carbocycles. The largest absolute Gasteiger partial charge is 0.467 e. The summed E-state index contributed by atoms with van der Waals surface area (Å²) < 4.78 is 5.23. The van der Waals surface area contributed by atoms with E-state index in [4.69, 9.17) is 16.0 Å². The van der Waals surface area contributed by atoms with Crippen molar-refractivity contribution in [3.05, 3.63) is 59.5 Å². The molecular weight excluding hydrogens is 304 g/mol. The fraction of sp³-hybridized carbons (Fsp3) is 0.143. The monoisotopic (exact) mass is 316 g/mol. The van der Waals surface area contributed by atoms with Gasteiger partial charge in [0.25, 0.3) is 0 Å². The summed E-state index contributed by atoms with van der Waals surface area (Å²) in [6.45, 7) is 1.02. The number of halogens is 1. The summed E-state index contributed by atoms with van der Waals surface area (Å²) in [4.78, 5) is 16.4. The zero-order chi connectivity index (χ0) is 15.2. The second-order valence-electron chi connectivity index (χ2n) is 4.40. The molecule has 3 aromatic rings. The Balaban J connectivity index is 1.64. The molecule has 0 unspecified atom stereocenters. The number of anilines is 2. The third-order valence-corrected chi connectivity index (χ3v) is 2.95. The normalized spacial score (nSPS) is 10.4. The van der Waals surface area contributed by atoms with Crippen LogP contribution in [0.4, 0.5) is 11.9 Å². The van der Waals surface area contributed by atoms with Gasteiger partial charge in [-0.3, -0.25) is 4.98 Å². The maximum absolute atomic E-state index is 5.91. The van der Waals surface area contributed by atoms with Crippen LogP contribution in [-0.2, 0) is 13.1 Å². The van der Waals surface area contributed by atoms with Crippen LogP contribution in [0.2, 0.25) is 5.28 Å². The molecule has 0 aliphatic heterocycles. The molecule has 0 amide bonds. The van der Waals surface area contributed by atoms with E-state index >= 15 is 0 Å². The number of nitrogens with one attached hydrogen (secondary N) is 2. The molecule has 0 fully saturated rings. The van der Waals surface area contributed by atoms with E-state index in [9.17, 15) is 0 Å². The van der Waals surface area contributed by atoms with Crippen LogP contribution < -0.4 is 10.6 Å². The van der Waals surface area contributed by atoms with Gasteiger partial charge in [0.2, 0.25) is 17.2 Å². The second kappa shape index (κ2) is 6.86. The van der Waals surface area contributed by atoms with Crippen molar-refractivity contribution in [2.45, 2.75) is 13.1 Å². The highest BCUT2D eigenvalue weighted by Gasteiger charge is 2.05. The predicted octanol–water partition coefficient (Wildman–Crippen LogP) is 2.74. The number of pyridine rings is 1. The van der Waals surface area contributed by atoms with Crippen molar-refractivity contribution >= 4 is 23.5 Å². The fourth-order valence-electron chi connectivity index (χ4n) is 1.77. The Morgan fingerprint density at radius 1 is 1.00 bits per heavy atom. The summed E-state index contributed by atoms with van der Waals surface area (Å²) in [6, 6.07) is 7.50. The summed E-state index contributed by atoms with van der Waals surface area (Å²) in [5, 5.41) is 6.24. The summed E-state index contributed by atoms with van der Waals surface area (Å²) in [5.74, 6) is 1.55. The molecule has 3 rings (SSSR count). The van der Waals surface area contributed by atoms with Crippen molar-refractivity contribution in [1.82, 2.24) is 19.9 Å². The summed E-state index contributed by atoms with van der Waals surface area (Å²) in [5.41, 5.74) is 1.02. The molecule has 0 bridgehead atoms. The van der Waals surface area contributed by atoms with Crippen molar-refractivity contribution in [3.63, 3.8) is 0 Å². The van der Waals surface area contributed by atoms with E-state index in [1.807, 2.05) is 24.3 Å². The summed E-state index contributed by atoms with van der Waals surface area (Å²) >= 11 is 5.91. The first kappa shape index (κ1) is 14.3. The third kappa shape index (κ3) is 3.92. The van der Waals surface area contributed by atoms with Gasteiger partial charge in [-0.1, -0.05) is 6.07 Å². The van der Waals surface area contributed by atoms with Gasteiger partial charge in [0.1, 0.15) is 5.76 Å². The topological polar surface area (TPSA) is 88.8 Å². The zero-order valence-corrected chi connectivity index (χ0v) is 12.3. The molecule has 0 spiro atoms. The third-order valence-electron chi connectivity index (χ3n) is 2.78. The Morgan fingerprint density at radius 2 is 1.82 bits per heavy atom. The second-order valence-corrected chi connectivity index (χ2v) is 4.74. The standard InChI is InChI=1S/C14H13ClN6O/c15-12-19-13(17-8-10-3-1-5-16-7-10)21-14(20-12)18-9-11-4-2-6-22-11/h1-7H,8-9H2,(H2,17,18,19,20,21). The highest BCUT2D eigenvalue weighted by molar-refractivity contribution is 6.28. The molecule has 0 saturated heterocycles. The molecule has 2 N–H and O–H groups in total. The van der Waals surface area contributed by atoms with E-state index < -0.39 is 0 Å². The van der Waals surface area contributed by atoms with E-state index in [0.29, 0.717) is 25.0 Å². The lowest BCUT2D eigenvalue weighted by Gasteiger charge is -2.07. The molecule has 0 saturated carbocycles. The summed E-state index contributed by atoms with van der Waals surface area (Å²) in [7, 11) is 0. The molecule has 8 heteroatoms. The van der Waals surface area contributed by atoms with Gasteiger partial charge < -0.3 is 15.1 Å². The molecule has 0 radical (unpaired) electrons. The molecule has 3 heterocycles. The van der Waals surface area contributed by atoms with Gasteiger partial charge in [-0.2, -0.15) is 15.0 Å². The van der Waals surface area contributed by atoms with E-state index in [1.165, 1.54) is 0 Å². The lowest BCUT2D eigenvalue weighted by molar-refractivity contribution is 0.517. The molecule has 3 aromatic heterocycles. The Morgan fingerprint density at radius 3 is 2.50 bits per heavy atom. The van der Waals surface area contributed by atoms with Gasteiger partial charge in [0, 0.05) is 18.9 Å². The molecule has 22 heavy (non-hydrogen) atoms. The number of hydrogen-bond acceptors (Lipinski definition) is 7.